The number of thiophene rings is 1. The summed E-state index contributed by atoms with van der Waals surface area (Å²) in [6, 6.07) is 4.50. The zero-order valence-corrected chi connectivity index (χ0v) is 16.5. The van der Waals surface area contributed by atoms with Crippen LogP contribution in [0.2, 0.25) is 0 Å². The molecule has 0 aliphatic heterocycles. The minimum absolute atomic E-state index is 0.0648. The minimum atomic E-state index is -0.978. The van der Waals surface area contributed by atoms with Gasteiger partial charge in [0.15, 0.2) is 0 Å². The lowest BCUT2D eigenvalue weighted by Crippen LogP contribution is -2.42. The number of hydrogen-bond acceptors (Lipinski definition) is 4. The first-order chi connectivity index (χ1) is 13.9. The van der Waals surface area contributed by atoms with Gasteiger partial charge in [0.25, 0.3) is 11.8 Å². The minimum Gasteiger partial charge on any atom is -0.351 e. The number of amides is 3. The number of carbonyl (C=O) groups excluding carboxylic acids is 3. The lowest BCUT2D eigenvalue weighted by Gasteiger charge is -2.08. The molecule has 1 aliphatic rings. The Kier molecular flexibility index (Phi) is 6.92. The average molecular weight is 421 g/mol. The topological polar surface area (TPSA) is 87.3 Å². The molecular formula is C20H21F2N3O3S. The van der Waals surface area contributed by atoms with Crippen molar-refractivity contribution in [3.05, 3.63) is 56.8 Å². The Labute approximate surface area is 170 Å². The molecule has 1 aliphatic carbocycles. The Hall–Kier alpha value is -2.81. The molecule has 0 saturated heterocycles. The number of hydrogen-bond donors (Lipinski definition) is 3. The van der Waals surface area contributed by atoms with E-state index in [-0.39, 0.29) is 24.4 Å². The van der Waals surface area contributed by atoms with Gasteiger partial charge in [0, 0.05) is 23.9 Å². The normalized spacial score (nSPS) is 13.2. The standard InChI is InChI=1S/C20H21F2N3O3S/c21-13-6-7-14(15(22)11-13)19(27)23-9-8-18(26)24-25-20(28)17-10-12-4-2-1-3-5-16(12)29-17/h6-7,10-11H,1-5,8-9H2,(H,23,27)(H,24,26)(H,25,28). The molecule has 0 bridgehead atoms. The number of carbonyl (C=O) groups is 3. The zero-order valence-electron chi connectivity index (χ0n) is 15.6. The zero-order chi connectivity index (χ0) is 20.8. The first-order valence-corrected chi connectivity index (χ1v) is 10.2. The van der Waals surface area contributed by atoms with Crippen LogP contribution in [-0.4, -0.2) is 24.3 Å². The van der Waals surface area contributed by atoms with Gasteiger partial charge in [-0.05, 0) is 49.4 Å². The van der Waals surface area contributed by atoms with Gasteiger partial charge >= 0.3 is 0 Å². The Morgan fingerprint density at radius 1 is 0.966 bits per heavy atom. The maximum atomic E-state index is 13.5. The summed E-state index contributed by atoms with van der Waals surface area (Å²) in [7, 11) is 0. The number of nitrogens with one attached hydrogen (secondary N) is 3. The van der Waals surface area contributed by atoms with Gasteiger partial charge in [-0.15, -0.1) is 11.3 Å². The summed E-state index contributed by atoms with van der Waals surface area (Å²) in [6.07, 6.45) is 5.28. The maximum Gasteiger partial charge on any atom is 0.279 e. The Bertz CT molecular complexity index is 906. The average Bonchev–Trinajstić information content (AvgIpc) is 2.96. The van der Waals surface area contributed by atoms with Crippen molar-refractivity contribution in [2.45, 2.75) is 38.5 Å². The Morgan fingerprint density at radius 3 is 2.55 bits per heavy atom. The highest BCUT2D eigenvalue weighted by Gasteiger charge is 2.17. The van der Waals surface area contributed by atoms with Crippen molar-refractivity contribution in [2.24, 2.45) is 0 Å². The molecule has 1 aromatic heterocycles. The lowest BCUT2D eigenvalue weighted by molar-refractivity contribution is -0.121. The molecule has 0 saturated carbocycles. The van der Waals surface area contributed by atoms with Crippen LogP contribution in [0.15, 0.2) is 24.3 Å². The Morgan fingerprint density at radius 2 is 1.76 bits per heavy atom. The van der Waals surface area contributed by atoms with E-state index in [0.29, 0.717) is 10.9 Å². The highest BCUT2D eigenvalue weighted by Crippen LogP contribution is 2.28. The SMILES string of the molecule is O=C(CCNC(=O)c1ccc(F)cc1F)NNC(=O)c1cc2c(s1)CCCCC2. The molecule has 29 heavy (non-hydrogen) atoms. The van der Waals surface area contributed by atoms with E-state index in [1.54, 1.807) is 0 Å². The lowest BCUT2D eigenvalue weighted by atomic mass is 10.1. The molecule has 3 amide bonds. The van der Waals surface area contributed by atoms with Crippen LogP contribution in [0.1, 0.15) is 56.2 Å². The quantitative estimate of drug-likeness (QED) is 0.513. The number of fused-ring (bicyclic) bond motifs is 1. The van der Waals surface area contributed by atoms with Crippen molar-refractivity contribution >= 4 is 29.1 Å². The summed E-state index contributed by atoms with van der Waals surface area (Å²) in [5.74, 6) is -3.39. The molecule has 6 nitrogen and oxygen atoms in total. The largest absolute Gasteiger partial charge is 0.351 e. The third kappa shape index (κ3) is 5.60. The van der Waals surface area contributed by atoms with E-state index in [9.17, 15) is 23.2 Å². The number of aryl methyl sites for hydroxylation is 2. The van der Waals surface area contributed by atoms with Gasteiger partial charge in [0.2, 0.25) is 5.91 Å². The number of halogens is 2. The summed E-state index contributed by atoms with van der Waals surface area (Å²) in [4.78, 5) is 37.7. The highest BCUT2D eigenvalue weighted by atomic mass is 32.1. The molecule has 3 N–H and O–H groups in total. The molecular weight excluding hydrogens is 400 g/mol. The summed E-state index contributed by atoms with van der Waals surface area (Å²) in [5, 5.41) is 2.38. The van der Waals surface area contributed by atoms with Crippen LogP contribution in [0.25, 0.3) is 0 Å². The van der Waals surface area contributed by atoms with Crippen molar-refractivity contribution in [3.63, 3.8) is 0 Å². The molecule has 3 rings (SSSR count). The van der Waals surface area contributed by atoms with E-state index in [2.05, 4.69) is 16.2 Å². The van der Waals surface area contributed by atoms with E-state index in [1.807, 2.05) is 6.07 Å². The van der Waals surface area contributed by atoms with Crippen LogP contribution in [0, 0.1) is 11.6 Å². The molecule has 0 unspecified atom stereocenters. The first-order valence-electron chi connectivity index (χ1n) is 9.38. The molecule has 2 aromatic rings. The van der Waals surface area contributed by atoms with Crippen molar-refractivity contribution in [3.8, 4) is 0 Å². The fraction of sp³-hybridized carbons (Fsp3) is 0.350. The molecule has 1 aromatic carbocycles. The summed E-state index contributed by atoms with van der Waals surface area (Å²) in [5.41, 5.74) is 5.57. The molecule has 1 heterocycles. The molecule has 0 atom stereocenters. The van der Waals surface area contributed by atoms with E-state index < -0.39 is 23.4 Å². The van der Waals surface area contributed by atoms with Crippen LogP contribution >= 0.6 is 11.3 Å². The second kappa shape index (κ2) is 9.60. The van der Waals surface area contributed by atoms with Crippen LogP contribution in [0.3, 0.4) is 0 Å². The van der Waals surface area contributed by atoms with Crippen molar-refractivity contribution in [1.82, 2.24) is 16.2 Å². The molecule has 0 fully saturated rings. The third-order valence-corrected chi connectivity index (χ3v) is 5.84. The highest BCUT2D eigenvalue weighted by molar-refractivity contribution is 7.14. The number of hydrazine groups is 1. The van der Waals surface area contributed by atoms with Crippen LogP contribution in [0.4, 0.5) is 8.78 Å². The van der Waals surface area contributed by atoms with Gasteiger partial charge in [-0.1, -0.05) is 6.42 Å². The van der Waals surface area contributed by atoms with E-state index in [1.165, 1.54) is 28.2 Å². The van der Waals surface area contributed by atoms with Gasteiger partial charge in [-0.25, -0.2) is 8.78 Å². The molecule has 0 spiro atoms. The second-order valence-electron chi connectivity index (χ2n) is 6.75. The fourth-order valence-electron chi connectivity index (χ4n) is 3.09. The summed E-state index contributed by atoms with van der Waals surface area (Å²) < 4.78 is 26.4. The predicted octanol–water partition coefficient (Wildman–Crippen LogP) is 2.88. The van der Waals surface area contributed by atoms with Gasteiger partial charge in [-0.2, -0.15) is 0 Å². The smallest absolute Gasteiger partial charge is 0.279 e. The third-order valence-electron chi connectivity index (χ3n) is 4.60. The fourth-order valence-corrected chi connectivity index (χ4v) is 4.24. The van der Waals surface area contributed by atoms with Crippen molar-refractivity contribution < 1.29 is 23.2 Å². The van der Waals surface area contributed by atoms with Crippen molar-refractivity contribution in [2.75, 3.05) is 6.54 Å². The molecule has 154 valence electrons. The van der Waals surface area contributed by atoms with Crippen LogP contribution in [-0.2, 0) is 17.6 Å². The van der Waals surface area contributed by atoms with Crippen molar-refractivity contribution in [1.29, 1.82) is 0 Å². The summed E-state index contributed by atoms with van der Waals surface area (Å²) >= 11 is 1.45. The monoisotopic (exact) mass is 421 g/mol. The first kappa shape index (κ1) is 20.9. The Balaban J connectivity index is 1.42. The van der Waals surface area contributed by atoms with Crippen LogP contribution < -0.4 is 16.2 Å². The second-order valence-corrected chi connectivity index (χ2v) is 7.89. The molecule has 0 radical (unpaired) electrons. The predicted molar refractivity (Wildman–Crippen MR) is 104 cm³/mol. The van der Waals surface area contributed by atoms with Gasteiger partial charge < -0.3 is 5.32 Å². The van der Waals surface area contributed by atoms with Gasteiger partial charge in [0.1, 0.15) is 11.6 Å². The van der Waals surface area contributed by atoms with Crippen LogP contribution in [0.5, 0.6) is 0 Å². The van der Waals surface area contributed by atoms with Gasteiger partial charge in [-0.3, -0.25) is 25.2 Å². The maximum absolute atomic E-state index is 13.5. The van der Waals surface area contributed by atoms with E-state index in [0.717, 1.165) is 37.8 Å². The van der Waals surface area contributed by atoms with E-state index >= 15 is 0 Å². The van der Waals surface area contributed by atoms with E-state index in [4.69, 9.17) is 0 Å². The number of benzene rings is 1. The molecule has 9 heteroatoms. The number of rotatable bonds is 5. The van der Waals surface area contributed by atoms with Gasteiger partial charge in [0.05, 0.1) is 10.4 Å². The summed E-state index contributed by atoms with van der Waals surface area (Å²) in [6.45, 7) is -0.0648.